The Morgan fingerprint density at radius 2 is 1.95 bits per heavy atom. The lowest BCUT2D eigenvalue weighted by Gasteiger charge is -2.12. The van der Waals surface area contributed by atoms with Crippen molar-refractivity contribution < 1.29 is 9.90 Å². The molecule has 112 valence electrons. The molecule has 1 amide bonds. The van der Waals surface area contributed by atoms with Crippen molar-refractivity contribution in [1.82, 2.24) is 15.0 Å². The lowest BCUT2D eigenvalue weighted by molar-refractivity contribution is -0.116. The highest BCUT2D eigenvalue weighted by atomic mass is 16.3. The Morgan fingerprint density at radius 3 is 2.48 bits per heavy atom. The largest absolute Gasteiger partial charge is 0.387 e. The van der Waals surface area contributed by atoms with Crippen LogP contribution in [0.15, 0.2) is 18.3 Å². The molecule has 1 unspecified atom stereocenters. The van der Waals surface area contributed by atoms with Crippen LogP contribution in [0.25, 0.3) is 0 Å². The van der Waals surface area contributed by atoms with Gasteiger partial charge in [0.05, 0.1) is 12.3 Å². The van der Waals surface area contributed by atoms with Gasteiger partial charge in [0, 0.05) is 5.69 Å². The van der Waals surface area contributed by atoms with Crippen molar-refractivity contribution in [3.05, 3.63) is 40.7 Å². The number of benzene rings is 1. The third-order valence-corrected chi connectivity index (χ3v) is 3.23. The van der Waals surface area contributed by atoms with E-state index in [1.54, 1.807) is 13.1 Å². The number of carbonyl (C=O) groups is 1. The van der Waals surface area contributed by atoms with E-state index >= 15 is 0 Å². The van der Waals surface area contributed by atoms with E-state index in [1.165, 1.54) is 10.2 Å². The molecule has 2 N–H and O–H groups in total. The average molecular weight is 288 g/mol. The summed E-state index contributed by atoms with van der Waals surface area (Å²) in [6, 6.07) is 4.06. The molecule has 1 atom stereocenters. The van der Waals surface area contributed by atoms with Crippen molar-refractivity contribution in [2.24, 2.45) is 0 Å². The van der Waals surface area contributed by atoms with E-state index in [-0.39, 0.29) is 12.5 Å². The minimum Gasteiger partial charge on any atom is -0.387 e. The first kappa shape index (κ1) is 15.2. The van der Waals surface area contributed by atoms with Crippen LogP contribution in [0.3, 0.4) is 0 Å². The van der Waals surface area contributed by atoms with Crippen molar-refractivity contribution in [1.29, 1.82) is 0 Å². The topological polar surface area (TPSA) is 80.0 Å². The number of nitrogens with zero attached hydrogens (tertiary/aromatic N) is 3. The van der Waals surface area contributed by atoms with E-state index in [4.69, 9.17) is 0 Å². The minimum atomic E-state index is -0.691. The van der Waals surface area contributed by atoms with Crippen LogP contribution in [0.4, 0.5) is 5.69 Å². The summed E-state index contributed by atoms with van der Waals surface area (Å²) in [5.74, 6) is -0.174. The van der Waals surface area contributed by atoms with E-state index < -0.39 is 6.10 Å². The van der Waals surface area contributed by atoms with Gasteiger partial charge in [-0.05, 0) is 38.8 Å². The summed E-state index contributed by atoms with van der Waals surface area (Å²) >= 11 is 0. The summed E-state index contributed by atoms with van der Waals surface area (Å²) in [5, 5.41) is 19.9. The fraction of sp³-hybridized carbons (Fsp3) is 0.400. The van der Waals surface area contributed by atoms with E-state index in [9.17, 15) is 9.90 Å². The first-order chi connectivity index (χ1) is 9.86. The van der Waals surface area contributed by atoms with Crippen molar-refractivity contribution in [3.63, 3.8) is 0 Å². The Morgan fingerprint density at radius 1 is 1.33 bits per heavy atom. The smallest absolute Gasteiger partial charge is 0.246 e. The summed E-state index contributed by atoms with van der Waals surface area (Å²) in [4.78, 5) is 12.1. The van der Waals surface area contributed by atoms with Crippen molar-refractivity contribution in [2.45, 2.75) is 40.3 Å². The molecule has 2 aromatic rings. The van der Waals surface area contributed by atoms with Gasteiger partial charge in [-0.25, -0.2) is 4.68 Å². The molecule has 21 heavy (non-hydrogen) atoms. The van der Waals surface area contributed by atoms with Crippen LogP contribution in [0, 0.1) is 20.8 Å². The van der Waals surface area contributed by atoms with Gasteiger partial charge in [-0.3, -0.25) is 4.79 Å². The molecule has 0 bridgehead atoms. The highest BCUT2D eigenvalue weighted by molar-refractivity contribution is 5.92. The van der Waals surface area contributed by atoms with Gasteiger partial charge in [-0.1, -0.05) is 22.9 Å². The maximum absolute atomic E-state index is 12.1. The van der Waals surface area contributed by atoms with Crippen LogP contribution in [0.5, 0.6) is 0 Å². The van der Waals surface area contributed by atoms with Gasteiger partial charge in [0.25, 0.3) is 0 Å². The fourth-order valence-corrected chi connectivity index (χ4v) is 2.29. The Hall–Kier alpha value is -2.21. The quantitative estimate of drug-likeness (QED) is 0.900. The molecule has 0 aliphatic rings. The standard InChI is InChI=1S/C15H20N4O2/c1-9-5-10(2)15(11(3)6-9)16-14(21)8-19-7-13(12(4)20)17-18-19/h5-7,12,20H,8H2,1-4H3,(H,16,21). The molecule has 0 aliphatic carbocycles. The molecule has 0 fully saturated rings. The summed E-state index contributed by atoms with van der Waals surface area (Å²) in [6.07, 6.45) is 0.877. The number of anilines is 1. The van der Waals surface area contributed by atoms with Crippen molar-refractivity contribution in [3.8, 4) is 0 Å². The van der Waals surface area contributed by atoms with Gasteiger partial charge in [0.2, 0.25) is 5.91 Å². The number of carbonyl (C=O) groups excluding carboxylic acids is 1. The zero-order valence-corrected chi connectivity index (χ0v) is 12.7. The Bertz CT molecular complexity index is 638. The Labute approximate surface area is 123 Å². The molecule has 6 heteroatoms. The molecule has 1 aromatic heterocycles. The maximum atomic E-state index is 12.1. The number of hydrogen-bond donors (Lipinski definition) is 2. The van der Waals surface area contributed by atoms with E-state index in [1.807, 2.05) is 32.9 Å². The summed E-state index contributed by atoms with van der Waals surface area (Å²) in [6.45, 7) is 7.63. The Kier molecular flexibility index (Phi) is 4.37. The van der Waals surface area contributed by atoms with Gasteiger partial charge in [-0.15, -0.1) is 5.10 Å². The molecule has 0 saturated carbocycles. The second-order valence-electron chi connectivity index (χ2n) is 5.34. The summed E-state index contributed by atoms with van der Waals surface area (Å²) < 4.78 is 1.41. The first-order valence-corrected chi connectivity index (χ1v) is 6.82. The molecule has 1 aromatic carbocycles. The molecule has 0 aliphatic heterocycles. The molecule has 6 nitrogen and oxygen atoms in total. The minimum absolute atomic E-state index is 0.0620. The highest BCUT2D eigenvalue weighted by Gasteiger charge is 2.11. The number of aliphatic hydroxyl groups excluding tert-OH is 1. The molecule has 0 spiro atoms. The van der Waals surface area contributed by atoms with E-state index in [0.717, 1.165) is 16.8 Å². The van der Waals surface area contributed by atoms with Crippen LogP contribution in [0.1, 0.15) is 35.4 Å². The number of aromatic nitrogens is 3. The number of amides is 1. The summed E-state index contributed by atoms with van der Waals surface area (Å²) in [7, 11) is 0. The third-order valence-electron chi connectivity index (χ3n) is 3.23. The molecule has 0 saturated heterocycles. The molecule has 1 heterocycles. The van der Waals surface area contributed by atoms with Crippen LogP contribution in [-0.2, 0) is 11.3 Å². The van der Waals surface area contributed by atoms with Gasteiger partial charge in [-0.2, -0.15) is 0 Å². The van der Waals surface area contributed by atoms with Gasteiger partial charge >= 0.3 is 0 Å². The molecule has 2 rings (SSSR count). The first-order valence-electron chi connectivity index (χ1n) is 6.82. The molecule has 0 radical (unpaired) electrons. The van der Waals surface area contributed by atoms with E-state index in [2.05, 4.69) is 15.6 Å². The number of nitrogens with one attached hydrogen (secondary N) is 1. The second-order valence-corrected chi connectivity index (χ2v) is 5.34. The molecular formula is C15H20N4O2. The number of rotatable bonds is 4. The average Bonchev–Trinajstić information content (AvgIpc) is 2.82. The SMILES string of the molecule is Cc1cc(C)c(NC(=O)Cn2cc(C(C)O)nn2)c(C)c1. The second kappa shape index (κ2) is 6.05. The van der Waals surface area contributed by atoms with E-state index in [0.29, 0.717) is 5.69 Å². The van der Waals surface area contributed by atoms with Crippen LogP contribution in [-0.4, -0.2) is 26.0 Å². The lowest BCUT2D eigenvalue weighted by Crippen LogP contribution is -2.20. The predicted octanol–water partition coefficient (Wildman–Crippen LogP) is 1.90. The highest BCUT2D eigenvalue weighted by Crippen LogP contribution is 2.21. The zero-order valence-electron chi connectivity index (χ0n) is 12.7. The predicted molar refractivity (Wildman–Crippen MR) is 79.9 cm³/mol. The monoisotopic (exact) mass is 288 g/mol. The maximum Gasteiger partial charge on any atom is 0.246 e. The third kappa shape index (κ3) is 3.66. The normalized spacial score (nSPS) is 12.2. The fourth-order valence-electron chi connectivity index (χ4n) is 2.29. The van der Waals surface area contributed by atoms with Gasteiger partial charge < -0.3 is 10.4 Å². The van der Waals surface area contributed by atoms with Gasteiger partial charge in [0.15, 0.2) is 0 Å². The lowest BCUT2D eigenvalue weighted by atomic mass is 10.1. The van der Waals surface area contributed by atoms with Crippen LogP contribution < -0.4 is 5.32 Å². The number of aliphatic hydroxyl groups is 1. The Balaban J connectivity index is 2.08. The zero-order chi connectivity index (χ0) is 15.6. The van der Waals surface area contributed by atoms with Crippen LogP contribution >= 0.6 is 0 Å². The van der Waals surface area contributed by atoms with Crippen LogP contribution in [0.2, 0.25) is 0 Å². The number of aryl methyl sites for hydroxylation is 3. The van der Waals surface area contributed by atoms with Crippen molar-refractivity contribution in [2.75, 3.05) is 5.32 Å². The van der Waals surface area contributed by atoms with Crippen molar-refractivity contribution >= 4 is 11.6 Å². The molecular weight excluding hydrogens is 268 g/mol. The number of hydrogen-bond acceptors (Lipinski definition) is 4. The van der Waals surface area contributed by atoms with Gasteiger partial charge in [0.1, 0.15) is 12.2 Å². The summed E-state index contributed by atoms with van der Waals surface area (Å²) in [5.41, 5.74) is 4.51.